The molecular weight excluding hydrogens is 296 g/mol. The monoisotopic (exact) mass is 306 g/mol. The van der Waals surface area contributed by atoms with E-state index in [0.717, 1.165) is 17.8 Å². The molecule has 1 aromatic rings. The van der Waals surface area contributed by atoms with Gasteiger partial charge in [0.15, 0.2) is 0 Å². The Morgan fingerprint density at radius 1 is 1.35 bits per heavy atom. The van der Waals surface area contributed by atoms with E-state index in [2.05, 4.69) is 10.3 Å². The van der Waals surface area contributed by atoms with Crippen LogP contribution in [0, 0.1) is 5.82 Å². The average Bonchev–Trinajstić information content (AvgIpc) is 2.41. The molecule has 0 radical (unpaired) electrons. The lowest BCUT2D eigenvalue weighted by molar-refractivity contribution is -0.140. The molecule has 0 saturated carbocycles. The van der Waals surface area contributed by atoms with Gasteiger partial charge < -0.3 is 10.1 Å². The number of nitrogens with one attached hydrogen (secondary N) is 1. The second-order valence-corrected chi connectivity index (χ2v) is 4.77. The molecule has 0 saturated heterocycles. The van der Waals surface area contributed by atoms with Crippen LogP contribution in [0.1, 0.15) is 5.56 Å². The summed E-state index contributed by atoms with van der Waals surface area (Å²) in [6, 6.07) is 2.45. The fraction of sp³-hybridized carbons (Fsp3) is 0.250. The van der Waals surface area contributed by atoms with Gasteiger partial charge in [0, 0.05) is 12.4 Å². The molecule has 2 rings (SSSR count). The molecule has 1 heterocycles. The van der Waals surface area contributed by atoms with Gasteiger partial charge in [-0.15, -0.1) is 0 Å². The number of ether oxygens (including phenoxy) is 1. The summed E-state index contributed by atoms with van der Waals surface area (Å²) in [6.45, 7) is 0. The van der Waals surface area contributed by atoms with E-state index in [4.69, 9.17) is 4.74 Å². The third-order valence-electron chi connectivity index (χ3n) is 2.47. The number of nitrogens with zero attached hydrogens (tertiary/aromatic N) is 1. The maximum atomic E-state index is 13.2. The van der Waals surface area contributed by atoms with E-state index in [9.17, 15) is 17.6 Å². The van der Waals surface area contributed by atoms with E-state index >= 15 is 0 Å². The Balaban J connectivity index is 2.30. The van der Waals surface area contributed by atoms with Crippen molar-refractivity contribution in [1.82, 2.24) is 5.32 Å². The van der Waals surface area contributed by atoms with Crippen molar-refractivity contribution in [2.75, 3.05) is 6.26 Å². The first kappa shape index (κ1) is 14.7. The summed E-state index contributed by atoms with van der Waals surface area (Å²) in [4.78, 5) is 4.03. The van der Waals surface area contributed by atoms with E-state index in [-0.39, 0.29) is 5.75 Å². The topological polar surface area (TPSA) is 33.6 Å². The molecule has 20 heavy (non-hydrogen) atoms. The molecule has 108 valence electrons. The van der Waals surface area contributed by atoms with Crippen molar-refractivity contribution in [3.8, 4) is 5.75 Å². The van der Waals surface area contributed by atoms with Gasteiger partial charge in [-0.25, -0.2) is 9.38 Å². The lowest BCUT2D eigenvalue weighted by Crippen LogP contribution is -2.44. The van der Waals surface area contributed by atoms with Gasteiger partial charge in [-0.2, -0.15) is 13.2 Å². The van der Waals surface area contributed by atoms with Crippen molar-refractivity contribution in [3.63, 3.8) is 0 Å². The van der Waals surface area contributed by atoms with Crippen molar-refractivity contribution >= 4 is 18.0 Å². The minimum atomic E-state index is -4.78. The number of hydrogen-bond acceptors (Lipinski definition) is 4. The lowest BCUT2D eigenvalue weighted by atomic mass is 10.2. The maximum Gasteiger partial charge on any atom is 0.419 e. The van der Waals surface area contributed by atoms with Gasteiger partial charge >= 0.3 is 11.4 Å². The quantitative estimate of drug-likeness (QED) is 0.686. The first-order chi connectivity index (χ1) is 9.36. The van der Waals surface area contributed by atoms with Gasteiger partial charge in [-0.05, 0) is 30.5 Å². The van der Waals surface area contributed by atoms with Crippen LogP contribution in [0.3, 0.4) is 0 Å². The zero-order valence-corrected chi connectivity index (χ0v) is 11.1. The van der Waals surface area contributed by atoms with Crippen LogP contribution >= 0.6 is 11.8 Å². The minimum absolute atomic E-state index is 0.131. The van der Waals surface area contributed by atoms with Gasteiger partial charge in [0.2, 0.25) is 0 Å². The number of aliphatic imine (C=N–C) groups is 1. The van der Waals surface area contributed by atoms with E-state index in [0.29, 0.717) is 12.1 Å². The predicted molar refractivity (Wildman–Crippen MR) is 69.0 cm³/mol. The van der Waals surface area contributed by atoms with Crippen molar-refractivity contribution in [3.05, 3.63) is 41.9 Å². The predicted octanol–water partition coefficient (Wildman–Crippen LogP) is 3.39. The van der Waals surface area contributed by atoms with Gasteiger partial charge in [-0.1, -0.05) is 11.8 Å². The second-order valence-electron chi connectivity index (χ2n) is 3.81. The van der Waals surface area contributed by atoms with Crippen LogP contribution in [-0.4, -0.2) is 17.7 Å². The highest BCUT2D eigenvalue weighted by atomic mass is 32.2. The number of benzene rings is 1. The zero-order valence-electron chi connectivity index (χ0n) is 10.2. The SMILES string of the molecule is CSC1(Oc2ccc(F)c(C(F)(F)F)c2)N=CC=CN1. The van der Waals surface area contributed by atoms with Crippen molar-refractivity contribution in [2.24, 2.45) is 4.99 Å². The second kappa shape index (κ2) is 5.35. The molecular formula is C12H10F4N2OS. The first-order valence-electron chi connectivity index (χ1n) is 5.45. The largest absolute Gasteiger partial charge is 0.440 e. The number of halogens is 4. The van der Waals surface area contributed by atoms with Crippen LogP contribution in [0.25, 0.3) is 0 Å². The fourth-order valence-corrected chi connectivity index (χ4v) is 2.06. The summed E-state index contributed by atoms with van der Waals surface area (Å²) in [5, 5.41) is 1.54. The Morgan fingerprint density at radius 2 is 2.10 bits per heavy atom. The molecule has 1 unspecified atom stereocenters. The third-order valence-corrected chi connectivity index (χ3v) is 3.33. The highest BCUT2D eigenvalue weighted by Gasteiger charge is 2.36. The van der Waals surface area contributed by atoms with Crippen molar-refractivity contribution < 1.29 is 22.3 Å². The number of hydrogen-bond donors (Lipinski definition) is 1. The van der Waals surface area contributed by atoms with Crippen LogP contribution < -0.4 is 10.1 Å². The molecule has 0 bridgehead atoms. The third kappa shape index (κ3) is 3.06. The van der Waals surface area contributed by atoms with Crippen LogP contribution in [-0.2, 0) is 6.18 Å². The van der Waals surface area contributed by atoms with Crippen LogP contribution in [0.5, 0.6) is 5.75 Å². The van der Waals surface area contributed by atoms with Gasteiger partial charge in [0.1, 0.15) is 11.6 Å². The number of rotatable bonds is 3. The Morgan fingerprint density at radius 3 is 2.65 bits per heavy atom. The summed E-state index contributed by atoms with van der Waals surface area (Å²) >= 11 is 1.15. The van der Waals surface area contributed by atoms with E-state index < -0.39 is 22.7 Å². The van der Waals surface area contributed by atoms with Crippen molar-refractivity contribution in [1.29, 1.82) is 0 Å². The smallest absolute Gasteiger partial charge is 0.419 e. The molecule has 1 aliphatic rings. The van der Waals surface area contributed by atoms with Crippen LogP contribution in [0.4, 0.5) is 17.6 Å². The summed E-state index contributed by atoms with van der Waals surface area (Å²) in [5.41, 5.74) is -1.37. The molecule has 8 heteroatoms. The summed E-state index contributed by atoms with van der Waals surface area (Å²) in [6.07, 6.45) is 1.53. The standard InChI is InChI=1S/C12H10F4N2OS/c1-20-12(17-5-2-6-18-12)19-8-3-4-10(13)9(7-8)11(14,15)16/h2-7,17H,1H3. The summed E-state index contributed by atoms with van der Waals surface area (Å²) in [5.74, 6) is -1.48. The molecule has 1 atom stereocenters. The van der Waals surface area contributed by atoms with Gasteiger partial charge in [-0.3, -0.25) is 0 Å². The lowest BCUT2D eigenvalue weighted by Gasteiger charge is -2.30. The molecule has 0 aliphatic carbocycles. The maximum absolute atomic E-state index is 13.2. The molecule has 1 aromatic carbocycles. The molecule has 0 fully saturated rings. The number of allylic oxidation sites excluding steroid dienone is 1. The fourth-order valence-electron chi connectivity index (χ4n) is 1.53. The van der Waals surface area contributed by atoms with E-state index in [1.54, 1.807) is 18.5 Å². The molecule has 0 spiro atoms. The molecule has 1 aliphatic heterocycles. The Kier molecular flexibility index (Phi) is 3.94. The van der Waals surface area contributed by atoms with Gasteiger partial charge in [0.25, 0.3) is 0 Å². The molecule has 0 amide bonds. The summed E-state index contributed by atoms with van der Waals surface area (Å²) in [7, 11) is 0. The number of alkyl halides is 3. The Labute approximate surface area is 116 Å². The first-order valence-corrected chi connectivity index (χ1v) is 6.68. The highest BCUT2D eigenvalue weighted by Crippen LogP contribution is 2.35. The van der Waals surface area contributed by atoms with Crippen molar-refractivity contribution in [2.45, 2.75) is 11.4 Å². The summed E-state index contributed by atoms with van der Waals surface area (Å²) < 4.78 is 56.5. The molecule has 0 aromatic heterocycles. The van der Waals surface area contributed by atoms with E-state index in [1.807, 2.05) is 0 Å². The van der Waals surface area contributed by atoms with Crippen LogP contribution in [0.2, 0.25) is 0 Å². The highest BCUT2D eigenvalue weighted by molar-refractivity contribution is 7.99. The number of thioether (sulfide) groups is 1. The zero-order chi connectivity index (χ0) is 14.8. The normalized spacial score (nSPS) is 21.6. The molecule has 1 N–H and O–H groups in total. The van der Waals surface area contributed by atoms with Gasteiger partial charge in [0.05, 0.1) is 5.56 Å². The Hall–Kier alpha value is -1.70. The molecule has 3 nitrogen and oxygen atoms in total. The minimum Gasteiger partial charge on any atom is -0.440 e. The average molecular weight is 306 g/mol. The Bertz CT molecular complexity index is 559. The van der Waals surface area contributed by atoms with E-state index in [1.165, 1.54) is 6.21 Å². The van der Waals surface area contributed by atoms with Crippen LogP contribution in [0.15, 0.2) is 35.5 Å².